The summed E-state index contributed by atoms with van der Waals surface area (Å²) in [6.07, 6.45) is 4.82. The molecule has 1 aromatic rings. The predicted octanol–water partition coefficient (Wildman–Crippen LogP) is 2.82. The predicted molar refractivity (Wildman–Crippen MR) is 101 cm³/mol. The van der Waals surface area contributed by atoms with Gasteiger partial charge in [0.25, 0.3) is 0 Å². The Kier molecular flexibility index (Phi) is 6.64. The Bertz CT molecular complexity index is 525. The molecular weight excluding hydrogens is 408 g/mol. The van der Waals surface area contributed by atoms with Crippen molar-refractivity contribution in [3.8, 4) is 0 Å². The van der Waals surface area contributed by atoms with E-state index in [-0.39, 0.29) is 35.2 Å². The summed E-state index contributed by atoms with van der Waals surface area (Å²) in [6, 6.07) is 6.87. The van der Waals surface area contributed by atoms with Crippen LogP contribution in [-0.4, -0.2) is 38.8 Å². The molecule has 23 heavy (non-hydrogen) atoms. The lowest BCUT2D eigenvalue weighted by Gasteiger charge is -2.20. The minimum Gasteiger partial charge on any atom is -0.376 e. The smallest absolute Gasteiger partial charge is 0.191 e. The van der Waals surface area contributed by atoms with Gasteiger partial charge in [0.1, 0.15) is 5.82 Å². The lowest BCUT2D eigenvalue weighted by Crippen LogP contribution is -2.43. The first kappa shape index (κ1) is 18.4. The summed E-state index contributed by atoms with van der Waals surface area (Å²) in [5.74, 6) is 0.630. The van der Waals surface area contributed by atoms with E-state index in [1.165, 1.54) is 5.56 Å². The van der Waals surface area contributed by atoms with Crippen LogP contribution in [0.3, 0.4) is 0 Å². The van der Waals surface area contributed by atoms with E-state index in [1.54, 1.807) is 19.2 Å². The number of nitrogens with one attached hydrogen (secondary N) is 2. The van der Waals surface area contributed by atoms with Crippen molar-refractivity contribution in [3.63, 3.8) is 0 Å². The average molecular weight is 433 g/mol. The van der Waals surface area contributed by atoms with Gasteiger partial charge in [0.05, 0.1) is 6.10 Å². The normalized spacial score (nSPS) is 22.3. The Morgan fingerprint density at radius 3 is 2.61 bits per heavy atom. The second kappa shape index (κ2) is 8.28. The first-order valence-corrected chi connectivity index (χ1v) is 8.04. The van der Waals surface area contributed by atoms with Gasteiger partial charge < -0.3 is 15.4 Å². The molecule has 2 aliphatic rings. The lowest BCUT2D eigenvalue weighted by molar-refractivity contribution is 0.114. The highest BCUT2D eigenvalue weighted by Crippen LogP contribution is 2.47. The van der Waals surface area contributed by atoms with E-state index in [2.05, 4.69) is 15.6 Å². The Balaban J connectivity index is 0.00000192. The number of halogens is 2. The van der Waals surface area contributed by atoms with Crippen LogP contribution < -0.4 is 10.6 Å². The molecule has 4 nitrogen and oxygen atoms in total. The van der Waals surface area contributed by atoms with E-state index in [0.29, 0.717) is 6.10 Å². The van der Waals surface area contributed by atoms with Crippen molar-refractivity contribution in [2.45, 2.75) is 37.2 Å². The van der Waals surface area contributed by atoms with Crippen LogP contribution in [0.2, 0.25) is 0 Å². The third kappa shape index (κ3) is 4.79. The number of hydrogen-bond donors (Lipinski definition) is 2. The number of ether oxygens (including phenoxy) is 1. The van der Waals surface area contributed by atoms with Crippen LogP contribution in [0.15, 0.2) is 29.3 Å². The van der Waals surface area contributed by atoms with E-state index >= 15 is 0 Å². The number of guanidine groups is 1. The molecule has 2 N–H and O–H groups in total. The van der Waals surface area contributed by atoms with E-state index < -0.39 is 0 Å². The fourth-order valence-electron chi connectivity index (χ4n) is 3.01. The van der Waals surface area contributed by atoms with Gasteiger partial charge in [0, 0.05) is 32.2 Å². The van der Waals surface area contributed by atoms with E-state index in [9.17, 15) is 4.39 Å². The highest BCUT2D eigenvalue weighted by atomic mass is 127. The summed E-state index contributed by atoms with van der Waals surface area (Å²) in [7, 11) is 1.78. The minimum absolute atomic E-state index is 0. The first-order valence-electron chi connectivity index (χ1n) is 8.04. The van der Waals surface area contributed by atoms with E-state index in [4.69, 9.17) is 4.74 Å². The zero-order valence-electron chi connectivity index (χ0n) is 13.5. The standard InChI is InChI=1S/C17H24FN3O.HI/c1-19-16(20-11-15-3-2-10-22-15)21-12-17(8-9-17)13-4-6-14(18)7-5-13;/h4-7,15H,2-3,8-12H2,1H3,(H2,19,20,21);1H. The molecule has 1 unspecified atom stereocenters. The van der Waals surface area contributed by atoms with Gasteiger partial charge in [-0.1, -0.05) is 12.1 Å². The summed E-state index contributed by atoms with van der Waals surface area (Å²) in [5.41, 5.74) is 1.34. The Hall–Kier alpha value is -0.890. The SMILES string of the molecule is CN=C(NCC1CCCO1)NCC1(c2ccc(F)cc2)CC1.I. The van der Waals surface area contributed by atoms with Crippen molar-refractivity contribution < 1.29 is 9.13 Å². The minimum atomic E-state index is -0.179. The number of benzene rings is 1. The van der Waals surface area contributed by atoms with Crippen LogP contribution >= 0.6 is 24.0 Å². The molecule has 2 fully saturated rings. The Labute approximate surface area is 154 Å². The third-order valence-corrected chi connectivity index (χ3v) is 4.65. The molecule has 0 bridgehead atoms. The third-order valence-electron chi connectivity index (χ3n) is 4.65. The van der Waals surface area contributed by atoms with Crippen LogP contribution in [-0.2, 0) is 10.2 Å². The zero-order chi connectivity index (χ0) is 15.4. The molecule has 1 saturated heterocycles. The summed E-state index contributed by atoms with van der Waals surface area (Å²) >= 11 is 0. The molecule has 3 rings (SSSR count). The highest BCUT2D eigenvalue weighted by Gasteiger charge is 2.44. The molecule has 0 aromatic heterocycles. The molecule has 6 heteroatoms. The average Bonchev–Trinajstić information content (AvgIpc) is 3.14. The number of rotatable bonds is 5. The van der Waals surface area contributed by atoms with Crippen molar-refractivity contribution >= 4 is 29.9 Å². The lowest BCUT2D eigenvalue weighted by atomic mass is 9.96. The largest absolute Gasteiger partial charge is 0.376 e. The molecule has 0 amide bonds. The van der Waals surface area contributed by atoms with Gasteiger partial charge in [-0.15, -0.1) is 24.0 Å². The van der Waals surface area contributed by atoms with Gasteiger partial charge in [-0.05, 0) is 43.4 Å². The molecule has 1 aliphatic heterocycles. The second-order valence-electron chi connectivity index (χ2n) is 6.23. The van der Waals surface area contributed by atoms with Gasteiger partial charge in [0.15, 0.2) is 5.96 Å². The Morgan fingerprint density at radius 1 is 1.30 bits per heavy atom. The van der Waals surface area contributed by atoms with Gasteiger partial charge >= 0.3 is 0 Å². The molecule has 1 aromatic carbocycles. The van der Waals surface area contributed by atoms with Crippen molar-refractivity contribution in [2.75, 3.05) is 26.7 Å². The molecule has 0 radical (unpaired) electrons. The van der Waals surface area contributed by atoms with Crippen molar-refractivity contribution in [3.05, 3.63) is 35.6 Å². The van der Waals surface area contributed by atoms with Crippen LogP contribution in [0.4, 0.5) is 4.39 Å². The van der Waals surface area contributed by atoms with Crippen LogP contribution in [0.5, 0.6) is 0 Å². The maximum absolute atomic E-state index is 13.1. The molecule has 1 heterocycles. The van der Waals surface area contributed by atoms with Gasteiger partial charge in [-0.2, -0.15) is 0 Å². The summed E-state index contributed by atoms with van der Waals surface area (Å²) < 4.78 is 18.7. The number of hydrogen-bond acceptors (Lipinski definition) is 2. The van der Waals surface area contributed by atoms with Gasteiger partial charge in [-0.25, -0.2) is 4.39 Å². The van der Waals surface area contributed by atoms with Crippen molar-refractivity contribution in [2.24, 2.45) is 4.99 Å². The topological polar surface area (TPSA) is 45.7 Å². The quantitative estimate of drug-likeness (QED) is 0.427. The van der Waals surface area contributed by atoms with Crippen molar-refractivity contribution in [1.82, 2.24) is 10.6 Å². The molecule has 1 atom stereocenters. The zero-order valence-corrected chi connectivity index (χ0v) is 15.8. The summed E-state index contributed by atoms with van der Waals surface area (Å²) in [5, 5.41) is 6.73. The highest BCUT2D eigenvalue weighted by molar-refractivity contribution is 14.0. The fraction of sp³-hybridized carbons (Fsp3) is 0.588. The number of nitrogens with zero attached hydrogens (tertiary/aromatic N) is 1. The number of aliphatic imine (C=N–C) groups is 1. The van der Waals surface area contributed by atoms with E-state index in [1.807, 2.05) is 12.1 Å². The van der Waals surface area contributed by atoms with Crippen LogP contribution in [0.25, 0.3) is 0 Å². The van der Waals surface area contributed by atoms with Crippen molar-refractivity contribution in [1.29, 1.82) is 0 Å². The van der Waals surface area contributed by atoms with Crippen LogP contribution in [0, 0.1) is 5.82 Å². The first-order chi connectivity index (χ1) is 10.7. The fourth-order valence-corrected chi connectivity index (χ4v) is 3.01. The van der Waals surface area contributed by atoms with Crippen LogP contribution in [0.1, 0.15) is 31.2 Å². The molecular formula is C17H25FIN3O. The van der Waals surface area contributed by atoms with Gasteiger partial charge in [-0.3, -0.25) is 4.99 Å². The monoisotopic (exact) mass is 433 g/mol. The molecule has 1 saturated carbocycles. The molecule has 0 spiro atoms. The second-order valence-corrected chi connectivity index (χ2v) is 6.23. The van der Waals surface area contributed by atoms with Gasteiger partial charge in [0.2, 0.25) is 0 Å². The summed E-state index contributed by atoms with van der Waals surface area (Å²) in [4.78, 5) is 4.27. The maximum atomic E-state index is 13.1. The summed E-state index contributed by atoms with van der Waals surface area (Å²) in [6.45, 7) is 2.49. The molecule has 1 aliphatic carbocycles. The van der Waals surface area contributed by atoms with E-state index in [0.717, 1.165) is 51.3 Å². The molecule has 128 valence electrons. The Morgan fingerprint density at radius 2 is 2.04 bits per heavy atom. The maximum Gasteiger partial charge on any atom is 0.191 e.